The van der Waals surface area contributed by atoms with Crippen LogP contribution in [0.5, 0.6) is 0 Å². The molecule has 7 heteroatoms. The average Bonchev–Trinajstić information content (AvgIpc) is 2.86. The van der Waals surface area contributed by atoms with Crippen LogP contribution >= 0.6 is 27.3 Å². The fraction of sp³-hybridized carbons (Fsp3) is 0.400. The van der Waals surface area contributed by atoms with Gasteiger partial charge in [0, 0.05) is 17.3 Å². The predicted molar refractivity (Wildman–Crippen MR) is 90.1 cm³/mol. The van der Waals surface area contributed by atoms with E-state index in [1.807, 2.05) is 18.2 Å². The number of nitrogens with one attached hydrogen (secondary N) is 1. The Labute approximate surface area is 140 Å². The lowest BCUT2D eigenvalue weighted by Gasteiger charge is -2.24. The summed E-state index contributed by atoms with van der Waals surface area (Å²) in [7, 11) is 0. The van der Waals surface area contributed by atoms with Crippen molar-refractivity contribution in [1.82, 2.24) is 10.3 Å². The van der Waals surface area contributed by atoms with E-state index in [1.54, 1.807) is 18.3 Å². The molecule has 0 aliphatic heterocycles. The molecule has 0 saturated carbocycles. The maximum absolute atomic E-state index is 12.0. The van der Waals surface area contributed by atoms with Crippen LogP contribution in [0.1, 0.15) is 31.7 Å². The first-order valence-electron chi connectivity index (χ1n) is 6.93. The van der Waals surface area contributed by atoms with E-state index in [0.29, 0.717) is 12.8 Å². The van der Waals surface area contributed by atoms with Crippen molar-refractivity contribution >= 4 is 49.4 Å². The number of halogens is 1. The summed E-state index contributed by atoms with van der Waals surface area (Å²) in [6.45, 7) is 3.25. The SMILES string of the molecule is CCC(C)(NC(=O)CCc1nc2cc(Br)ccc2s1)C(=O)O. The molecule has 1 amide bonds. The van der Waals surface area contributed by atoms with Crippen LogP contribution in [-0.2, 0) is 16.0 Å². The molecule has 2 N–H and O–H groups in total. The van der Waals surface area contributed by atoms with Gasteiger partial charge >= 0.3 is 5.97 Å². The zero-order valence-electron chi connectivity index (χ0n) is 12.4. The van der Waals surface area contributed by atoms with Gasteiger partial charge in [0.15, 0.2) is 0 Å². The number of carbonyl (C=O) groups excluding carboxylic acids is 1. The molecule has 5 nitrogen and oxygen atoms in total. The average molecular weight is 385 g/mol. The number of rotatable bonds is 6. The second-order valence-corrected chi connectivity index (χ2v) is 7.29. The summed E-state index contributed by atoms with van der Waals surface area (Å²) in [6, 6.07) is 5.88. The first kappa shape index (κ1) is 16.9. The number of benzene rings is 1. The first-order valence-corrected chi connectivity index (χ1v) is 8.54. The zero-order chi connectivity index (χ0) is 16.3. The molecule has 1 aromatic heterocycles. The summed E-state index contributed by atoms with van der Waals surface area (Å²) in [4.78, 5) is 27.6. The van der Waals surface area contributed by atoms with E-state index in [9.17, 15) is 9.59 Å². The van der Waals surface area contributed by atoms with Crippen molar-refractivity contribution in [3.05, 3.63) is 27.7 Å². The summed E-state index contributed by atoms with van der Waals surface area (Å²) >= 11 is 4.95. The van der Waals surface area contributed by atoms with E-state index in [4.69, 9.17) is 5.11 Å². The van der Waals surface area contributed by atoms with Gasteiger partial charge in [0.2, 0.25) is 5.91 Å². The molecule has 118 valence electrons. The Bertz CT molecular complexity index is 716. The number of aryl methyl sites for hydroxylation is 1. The molecule has 1 unspecified atom stereocenters. The van der Waals surface area contributed by atoms with E-state index in [0.717, 1.165) is 19.7 Å². The van der Waals surface area contributed by atoms with E-state index in [2.05, 4.69) is 26.2 Å². The Morgan fingerprint density at radius 3 is 2.82 bits per heavy atom. The number of carbonyl (C=O) groups is 2. The van der Waals surface area contributed by atoms with E-state index in [-0.39, 0.29) is 12.3 Å². The van der Waals surface area contributed by atoms with Gasteiger partial charge in [-0.05, 0) is 31.5 Å². The Morgan fingerprint density at radius 1 is 1.45 bits per heavy atom. The molecular formula is C15H17BrN2O3S. The Balaban J connectivity index is 1.99. The number of hydrogen-bond acceptors (Lipinski definition) is 4. The van der Waals surface area contributed by atoms with Crippen LogP contribution in [0.3, 0.4) is 0 Å². The van der Waals surface area contributed by atoms with Crippen molar-refractivity contribution < 1.29 is 14.7 Å². The highest BCUT2D eigenvalue weighted by Crippen LogP contribution is 2.25. The number of carboxylic acid groups (broad SMARTS) is 1. The summed E-state index contributed by atoms with van der Waals surface area (Å²) in [5.41, 5.74) is -0.311. The smallest absolute Gasteiger partial charge is 0.329 e. The lowest BCUT2D eigenvalue weighted by Crippen LogP contribution is -2.51. The third-order valence-corrected chi connectivity index (χ3v) is 5.14. The van der Waals surface area contributed by atoms with Gasteiger partial charge in [0.25, 0.3) is 0 Å². The molecule has 1 aromatic carbocycles. The summed E-state index contributed by atoms with van der Waals surface area (Å²) in [5.74, 6) is -1.29. The fourth-order valence-corrected chi connectivity index (χ4v) is 3.24. The van der Waals surface area contributed by atoms with Crippen molar-refractivity contribution in [1.29, 1.82) is 0 Å². The standard InChI is InChI=1S/C15H17BrN2O3S/c1-3-15(2,14(20)21)18-12(19)6-7-13-17-10-8-9(16)4-5-11(10)22-13/h4-5,8H,3,6-7H2,1-2H3,(H,18,19)(H,20,21). The lowest BCUT2D eigenvalue weighted by molar-refractivity contribution is -0.147. The monoisotopic (exact) mass is 384 g/mol. The Hall–Kier alpha value is -1.47. The minimum atomic E-state index is -1.21. The third-order valence-electron chi connectivity index (χ3n) is 3.55. The molecule has 0 aliphatic rings. The van der Waals surface area contributed by atoms with Crippen LogP contribution in [0.15, 0.2) is 22.7 Å². The van der Waals surface area contributed by atoms with Crippen LogP contribution in [-0.4, -0.2) is 27.5 Å². The second kappa shape index (κ2) is 6.75. The quantitative estimate of drug-likeness (QED) is 0.799. The molecule has 1 atom stereocenters. The number of carboxylic acids is 1. The van der Waals surface area contributed by atoms with Gasteiger partial charge in [-0.25, -0.2) is 9.78 Å². The van der Waals surface area contributed by atoms with Gasteiger partial charge in [-0.1, -0.05) is 22.9 Å². The predicted octanol–water partition coefficient (Wildman–Crippen LogP) is 3.36. The topological polar surface area (TPSA) is 79.3 Å². The number of aromatic nitrogens is 1. The highest BCUT2D eigenvalue weighted by atomic mass is 79.9. The highest BCUT2D eigenvalue weighted by molar-refractivity contribution is 9.10. The van der Waals surface area contributed by atoms with Crippen LogP contribution in [0.4, 0.5) is 0 Å². The van der Waals surface area contributed by atoms with Gasteiger partial charge in [0.1, 0.15) is 5.54 Å². The minimum absolute atomic E-state index is 0.226. The molecule has 0 bridgehead atoms. The summed E-state index contributed by atoms with van der Waals surface area (Å²) in [5, 5.41) is 12.6. The first-order chi connectivity index (χ1) is 10.3. The molecule has 2 aromatic rings. The van der Waals surface area contributed by atoms with E-state index >= 15 is 0 Å². The van der Waals surface area contributed by atoms with E-state index < -0.39 is 11.5 Å². The minimum Gasteiger partial charge on any atom is -0.480 e. The summed E-state index contributed by atoms with van der Waals surface area (Å²) < 4.78 is 2.04. The van der Waals surface area contributed by atoms with Gasteiger partial charge < -0.3 is 10.4 Å². The van der Waals surface area contributed by atoms with Gasteiger partial charge in [-0.15, -0.1) is 11.3 Å². The molecule has 0 radical (unpaired) electrons. The van der Waals surface area contributed by atoms with Crippen molar-refractivity contribution in [2.75, 3.05) is 0 Å². The number of aliphatic carboxylic acids is 1. The molecular weight excluding hydrogens is 368 g/mol. The zero-order valence-corrected chi connectivity index (χ0v) is 14.8. The number of hydrogen-bond donors (Lipinski definition) is 2. The van der Waals surface area contributed by atoms with Gasteiger partial charge in [-0.3, -0.25) is 4.79 Å². The second-order valence-electron chi connectivity index (χ2n) is 5.26. The van der Waals surface area contributed by atoms with Crippen molar-refractivity contribution in [3.8, 4) is 0 Å². The van der Waals surface area contributed by atoms with Crippen molar-refractivity contribution in [3.63, 3.8) is 0 Å². The summed E-state index contributed by atoms with van der Waals surface area (Å²) in [6.07, 6.45) is 1.06. The largest absolute Gasteiger partial charge is 0.480 e. The van der Waals surface area contributed by atoms with Crippen molar-refractivity contribution in [2.24, 2.45) is 0 Å². The molecule has 22 heavy (non-hydrogen) atoms. The fourth-order valence-electron chi connectivity index (χ4n) is 1.94. The third kappa shape index (κ3) is 3.84. The molecule has 0 spiro atoms. The normalized spacial score (nSPS) is 13.8. The van der Waals surface area contributed by atoms with Crippen molar-refractivity contribution in [2.45, 2.75) is 38.6 Å². The number of amides is 1. The number of thiazole rings is 1. The maximum Gasteiger partial charge on any atom is 0.329 e. The maximum atomic E-state index is 12.0. The molecule has 0 fully saturated rings. The Kier molecular flexibility index (Phi) is 5.18. The van der Waals surface area contributed by atoms with Gasteiger partial charge in [-0.2, -0.15) is 0 Å². The van der Waals surface area contributed by atoms with Crippen LogP contribution in [0.2, 0.25) is 0 Å². The number of nitrogens with zero attached hydrogens (tertiary/aromatic N) is 1. The molecule has 0 saturated heterocycles. The van der Waals surface area contributed by atoms with E-state index in [1.165, 1.54) is 6.92 Å². The molecule has 0 aliphatic carbocycles. The van der Waals surface area contributed by atoms with Crippen LogP contribution in [0, 0.1) is 0 Å². The van der Waals surface area contributed by atoms with Crippen LogP contribution < -0.4 is 5.32 Å². The highest BCUT2D eigenvalue weighted by Gasteiger charge is 2.32. The number of fused-ring (bicyclic) bond motifs is 1. The van der Waals surface area contributed by atoms with Gasteiger partial charge in [0.05, 0.1) is 15.2 Å². The molecule has 2 rings (SSSR count). The van der Waals surface area contributed by atoms with Crippen LogP contribution in [0.25, 0.3) is 10.2 Å². The lowest BCUT2D eigenvalue weighted by atomic mass is 9.99. The Morgan fingerprint density at radius 2 is 2.18 bits per heavy atom. The molecule has 1 heterocycles.